The van der Waals surface area contributed by atoms with E-state index in [1.165, 1.54) is 18.9 Å². The van der Waals surface area contributed by atoms with Gasteiger partial charge < -0.3 is 4.74 Å². The zero-order valence-electron chi connectivity index (χ0n) is 16.7. The summed E-state index contributed by atoms with van der Waals surface area (Å²) in [5.41, 5.74) is 4.92. The van der Waals surface area contributed by atoms with Crippen molar-refractivity contribution < 1.29 is 9.53 Å². The Morgan fingerprint density at radius 1 is 1.10 bits per heavy atom. The Kier molecular flexibility index (Phi) is 5.34. The number of aryl methyl sites for hydroxylation is 1. The Bertz CT molecular complexity index is 1310. The van der Waals surface area contributed by atoms with Crippen LogP contribution >= 0.6 is 11.8 Å². The summed E-state index contributed by atoms with van der Waals surface area (Å²) in [6.45, 7) is 3.74. The van der Waals surface area contributed by atoms with Crippen LogP contribution in [0, 0.1) is 18.3 Å². The number of hydrogen-bond acceptors (Lipinski definition) is 7. The fourth-order valence-electron chi connectivity index (χ4n) is 3.28. The summed E-state index contributed by atoms with van der Waals surface area (Å²) >= 11 is 1.21. The summed E-state index contributed by atoms with van der Waals surface area (Å²) in [5, 5.41) is 19.6. The first kappa shape index (κ1) is 19.8. The van der Waals surface area contributed by atoms with E-state index in [1.807, 2.05) is 55.5 Å². The van der Waals surface area contributed by atoms with Gasteiger partial charge in [0.05, 0.1) is 18.2 Å². The Morgan fingerprint density at radius 2 is 1.83 bits per heavy atom. The summed E-state index contributed by atoms with van der Waals surface area (Å²) in [6.07, 6.45) is 0. The lowest BCUT2D eigenvalue weighted by Gasteiger charge is -2.15. The van der Waals surface area contributed by atoms with Gasteiger partial charge in [-0.25, -0.2) is 4.98 Å². The van der Waals surface area contributed by atoms with Gasteiger partial charge in [0.2, 0.25) is 0 Å². The molecule has 7 heteroatoms. The minimum atomic E-state index is -0.515. The van der Waals surface area contributed by atoms with Crippen molar-refractivity contribution in [3.63, 3.8) is 0 Å². The van der Waals surface area contributed by atoms with E-state index < -0.39 is 5.25 Å². The largest absolute Gasteiger partial charge is 0.468 e. The topological polar surface area (TPSA) is 88.8 Å². The molecule has 2 heterocycles. The molecule has 0 saturated heterocycles. The van der Waals surface area contributed by atoms with Gasteiger partial charge in [-0.15, -0.1) is 10.2 Å². The number of aromatic nitrogens is 3. The minimum absolute atomic E-state index is 0.372. The number of methoxy groups -OCH3 is 1. The van der Waals surface area contributed by atoms with Crippen molar-refractivity contribution in [2.45, 2.75) is 24.1 Å². The fraction of sp³-hybridized carbons (Fsp3) is 0.174. The molecule has 4 aromatic rings. The number of rotatable bonds is 4. The quantitative estimate of drug-likeness (QED) is 0.272. The molecule has 0 radical (unpaired) electrons. The molecular formula is C23H18N4O2S. The average Bonchev–Trinajstić information content (AvgIpc) is 2.78. The Morgan fingerprint density at radius 3 is 2.53 bits per heavy atom. The van der Waals surface area contributed by atoms with Gasteiger partial charge in [0.1, 0.15) is 27.4 Å². The highest BCUT2D eigenvalue weighted by atomic mass is 32.2. The minimum Gasteiger partial charge on any atom is -0.468 e. The van der Waals surface area contributed by atoms with E-state index >= 15 is 0 Å². The summed E-state index contributed by atoms with van der Waals surface area (Å²) < 4.78 is 4.85. The fourth-order valence-corrected chi connectivity index (χ4v) is 4.21. The van der Waals surface area contributed by atoms with E-state index in [9.17, 15) is 10.1 Å². The third-order valence-electron chi connectivity index (χ3n) is 4.83. The lowest BCUT2D eigenvalue weighted by Crippen LogP contribution is -2.15. The first-order chi connectivity index (χ1) is 14.5. The van der Waals surface area contributed by atoms with Crippen molar-refractivity contribution in [3.05, 3.63) is 59.7 Å². The maximum Gasteiger partial charge on any atom is 0.318 e. The van der Waals surface area contributed by atoms with Gasteiger partial charge >= 0.3 is 5.97 Å². The molecule has 0 aliphatic heterocycles. The predicted molar refractivity (Wildman–Crippen MR) is 117 cm³/mol. The molecule has 30 heavy (non-hydrogen) atoms. The van der Waals surface area contributed by atoms with Gasteiger partial charge in [0.15, 0.2) is 0 Å². The highest BCUT2D eigenvalue weighted by molar-refractivity contribution is 8.00. The maximum absolute atomic E-state index is 12.0. The number of ether oxygens (including phenoxy) is 1. The molecule has 1 unspecified atom stereocenters. The van der Waals surface area contributed by atoms with Gasteiger partial charge in [-0.3, -0.25) is 4.79 Å². The molecule has 1 atom stereocenters. The normalized spacial score (nSPS) is 11.9. The van der Waals surface area contributed by atoms with Crippen LogP contribution in [0.15, 0.2) is 53.6 Å². The van der Waals surface area contributed by atoms with E-state index in [4.69, 9.17) is 9.72 Å². The predicted octanol–water partition coefficient (Wildman–Crippen LogP) is 4.68. The highest BCUT2D eigenvalue weighted by Gasteiger charge is 2.24. The summed E-state index contributed by atoms with van der Waals surface area (Å²) in [4.78, 5) is 16.8. The standard InChI is InChI=1S/C23H18N4O2S/c1-13-8-10-15(11-9-13)19-17(12-24)22(30-14(2)23(28)29-3)25-20-16-6-4-5-7-18(16)26-27-21(19)20/h4-11,14H,1-3H3. The van der Waals surface area contributed by atoms with Crippen molar-refractivity contribution >= 4 is 39.7 Å². The number of carbonyl (C=O) groups excluding carboxylic acids is 1. The Balaban J connectivity index is 2.08. The van der Waals surface area contributed by atoms with E-state index in [0.717, 1.165) is 16.5 Å². The first-order valence-electron chi connectivity index (χ1n) is 9.34. The van der Waals surface area contributed by atoms with Crippen LogP contribution in [0.25, 0.3) is 33.1 Å². The molecule has 0 saturated carbocycles. The molecule has 0 bridgehead atoms. The second-order valence-corrected chi connectivity index (χ2v) is 8.17. The molecule has 2 aromatic heterocycles. The lowest BCUT2D eigenvalue weighted by molar-refractivity contribution is -0.139. The molecule has 2 aromatic carbocycles. The van der Waals surface area contributed by atoms with Crippen LogP contribution < -0.4 is 0 Å². The van der Waals surface area contributed by atoms with Gasteiger partial charge in [-0.1, -0.05) is 59.8 Å². The number of nitrogens with zero attached hydrogens (tertiary/aromatic N) is 4. The van der Waals surface area contributed by atoms with Crippen molar-refractivity contribution in [1.29, 1.82) is 5.26 Å². The molecule has 148 valence electrons. The number of carbonyl (C=O) groups is 1. The zero-order valence-corrected chi connectivity index (χ0v) is 17.5. The number of benzene rings is 2. The van der Waals surface area contributed by atoms with E-state index in [0.29, 0.717) is 32.7 Å². The Labute approximate surface area is 177 Å². The SMILES string of the molecule is COC(=O)C(C)Sc1nc2c(nnc3ccccc32)c(-c2ccc(C)cc2)c1C#N. The van der Waals surface area contributed by atoms with Crippen LogP contribution in [0.1, 0.15) is 18.1 Å². The van der Waals surface area contributed by atoms with E-state index in [2.05, 4.69) is 16.3 Å². The molecule has 0 N–H and O–H groups in total. The van der Waals surface area contributed by atoms with Crippen LogP contribution in [0.2, 0.25) is 0 Å². The van der Waals surface area contributed by atoms with Crippen LogP contribution in [-0.2, 0) is 9.53 Å². The van der Waals surface area contributed by atoms with Crippen molar-refractivity contribution in [3.8, 4) is 17.2 Å². The second-order valence-electron chi connectivity index (χ2n) is 6.84. The summed E-state index contributed by atoms with van der Waals surface area (Å²) in [7, 11) is 1.35. The molecule has 4 rings (SSSR count). The first-order valence-corrected chi connectivity index (χ1v) is 10.2. The van der Waals surface area contributed by atoms with Crippen molar-refractivity contribution in [2.75, 3.05) is 7.11 Å². The third-order valence-corrected chi connectivity index (χ3v) is 5.89. The zero-order chi connectivity index (χ0) is 21.3. The average molecular weight is 414 g/mol. The molecule has 0 aliphatic rings. The van der Waals surface area contributed by atoms with Crippen LogP contribution in [0.4, 0.5) is 0 Å². The number of esters is 1. The van der Waals surface area contributed by atoms with Gasteiger partial charge in [-0.05, 0) is 25.5 Å². The number of thioether (sulfide) groups is 1. The second kappa shape index (κ2) is 8.09. The summed E-state index contributed by atoms with van der Waals surface area (Å²) in [6, 6.07) is 17.8. The van der Waals surface area contributed by atoms with Crippen molar-refractivity contribution in [1.82, 2.24) is 15.2 Å². The highest BCUT2D eigenvalue weighted by Crippen LogP contribution is 2.38. The Hall–Kier alpha value is -3.50. The lowest BCUT2D eigenvalue weighted by atomic mass is 9.98. The van der Waals surface area contributed by atoms with E-state index in [-0.39, 0.29) is 5.97 Å². The number of fused-ring (bicyclic) bond motifs is 3. The molecule has 6 nitrogen and oxygen atoms in total. The maximum atomic E-state index is 12.0. The monoisotopic (exact) mass is 414 g/mol. The van der Waals surface area contributed by atoms with Gasteiger partial charge in [0.25, 0.3) is 0 Å². The molecule has 0 spiro atoms. The molecular weight excluding hydrogens is 396 g/mol. The third kappa shape index (κ3) is 3.46. The van der Waals surface area contributed by atoms with Crippen molar-refractivity contribution in [2.24, 2.45) is 0 Å². The molecule has 0 aliphatic carbocycles. The van der Waals surface area contributed by atoms with Gasteiger partial charge in [-0.2, -0.15) is 5.26 Å². The molecule has 0 fully saturated rings. The number of pyridine rings is 1. The molecule has 0 amide bonds. The van der Waals surface area contributed by atoms with E-state index in [1.54, 1.807) is 6.92 Å². The van der Waals surface area contributed by atoms with Crippen LogP contribution in [0.3, 0.4) is 0 Å². The van der Waals surface area contributed by atoms with Crippen LogP contribution in [-0.4, -0.2) is 33.5 Å². The smallest absolute Gasteiger partial charge is 0.318 e. The summed E-state index contributed by atoms with van der Waals surface area (Å²) in [5.74, 6) is -0.375. The van der Waals surface area contributed by atoms with Crippen LogP contribution in [0.5, 0.6) is 0 Å². The number of hydrogen-bond donors (Lipinski definition) is 0. The number of nitriles is 1. The van der Waals surface area contributed by atoms with Gasteiger partial charge in [0, 0.05) is 10.9 Å².